The van der Waals surface area contributed by atoms with Crippen LogP contribution in [0.5, 0.6) is 0 Å². The summed E-state index contributed by atoms with van der Waals surface area (Å²) in [7, 11) is -3.82. The van der Waals surface area contributed by atoms with Gasteiger partial charge >= 0.3 is 0 Å². The molecule has 1 aromatic heterocycles. The van der Waals surface area contributed by atoms with E-state index in [9.17, 15) is 12.8 Å². The molecule has 2 heterocycles. The van der Waals surface area contributed by atoms with Gasteiger partial charge in [0.15, 0.2) is 0 Å². The van der Waals surface area contributed by atoms with Crippen LogP contribution in [0.2, 0.25) is 0 Å². The number of benzene rings is 1. The molecule has 1 aromatic carbocycles. The number of hydrogen-bond donors (Lipinski definition) is 0. The van der Waals surface area contributed by atoms with Crippen molar-refractivity contribution in [1.82, 2.24) is 19.1 Å². The van der Waals surface area contributed by atoms with Gasteiger partial charge in [0.25, 0.3) is 0 Å². The van der Waals surface area contributed by atoms with Crippen LogP contribution in [0.3, 0.4) is 0 Å². The Kier molecular flexibility index (Phi) is 3.50. The Labute approximate surface area is 122 Å². The van der Waals surface area contributed by atoms with Crippen molar-refractivity contribution in [2.45, 2.75) is 24.3 Å². The predicted octanol–water partition coefficient (Wildman–Crippen LogP) is 1.36. The van der Waals surface area contributed by atoms with Gasteiger partial charge in [0, 0.05) is 13.1 Å². The average Bonchev–Trinajstić information content (AvgIpc) is 3.11. The van der Waals surface area contributed by atoms with Gasteiger partial charge in [-0.05, 0) is 31.0 Å². The maximum absolute atomic E-state index is 13.9. The predicted molar refractivity (Wildman–Crippen MR) is 73.6 cm³/mol. The zero-order valence-electron chi connectivity index (χ0n) is 11.5. The van der Waals surface area contributed by atoms with Crippen LogP contribution in [-0.4, -0.2) is 40.6 Å². The molecule has 0 aliphatic carbocycles. The highest BCUT2D eigenvalue weighted by Crippen LogP contribution is 2.28. The zero-order valence-corrected chi connectivity index (χ0v) is 12.3. The van der Waals surface area contributed by atoms with Gasteiger partial charge in [-0.2, -0.15) is 9.40 Å². The Hall–Kier alpha value is -1.80. The first-order valence-electron chi connectivity index (χ1n) is 6.59. The summed E-state index contributed by atoms with van der Waals surface area (Å²) in [4.78, 5) is 3.60. The SMILES string of the molecule is Cc1ccc(F)c(S(=O)(=O)N2CC[C@H](n3cncn3)C2)c1. The number of hydrogen-bond acceptors (Lipinski definition) is 4. The Bertz CT molecular complexity index is 746. The maximum atomic E-state index is 13.9. The van der Waals surface area contributed by atoms with Crippen molar-refractivity contribution in [1.29, 1.82) is 0 Å². The van der Waals surface area contributed by atoms with Gasteiger partial charge in [-0.3, -0.25) is 0 Å². The lowest BCUT2D eigenvalue weighted by Crippen LogP contribution is -2.30. The Morgan fingerprint density at radius 2 is 2.19 bits per heavy atom. The molecule has 6 nitrogen and oxygen atoms in total. The topological polar surface area (TPSA) is 68.1 Å². The van der Waals surface area contributed by atoms with Crippen LogP contribution in [0.4, 0.5) is 4.39 Å². The molecule has 1 aliphatic heterocycles. The minimum Gasteiger partial charge on any atom is -0.249 e. The van der Waals surface area contributed by atoms with E-state index >= 15 is 0 Å². The fourth-order valence-electron chi connectivity index (χ4n) is 2.50. The van der Waals surface area contributed by atoms with Crippen molar-refractivity contribution in [2.24, 2.45) is 0 Å². The first-order chi connectivity index (χ1) is 9.98. The maximum Gasteiger partial charge on any atom is 0.246 e. The summed E-state index contributed by atoms with van der Waals surface area (Å²) in [5.41, 5.74) is 0.710. The van der Waals surface area contributed by atoms with Crippen molar-refractivity contribution in [3.63, 3.8) is 0 Å². The Balaban J connectivity index is 1.88. The van der Waals surface area contributed by atoms with Crippen molar-refractivity contribution in [3.05, 3.63) is 42.2 Å². The second-order valence-corrected chi connectivity index (χ2v) is 7.02. The molecule has 0 spiro atoms. The van der Waals surface area contributed by atoms with E-state index in [4.69, 9.17) is 0 Å². The third kappa shape index (κ3) is 2.56. The quantitative estimate of drug-likeness (QED) is 0.858. The molecule has 112 valence electrons. The number of aromatic nitrogens is 3. The van der Waals surface area contributed by atoms with Gasteiger partial charge in [0.2, 0.25) is 10.0 Å². The van der Waals surface area contributed by atoms with E-state index in [0.717, 1.165) is 0 Å². The fraction of sp³-hybridized carbons (Fsp3) is 0.385. The molecule has 1 fully saturated rings. The number of aryl methyl sites for hydroxylation is 1. The minimum atomic E-state index is -3.82. The van der Waals surface area contributed by atoms with Crippen LogP contribution in [0.15, 0.2) is 35.7 Å². The second kappa shape index (κ2) is 5.19. The molecule has 2 aromatic rings. The molecule has 3 rings (SSSR count). The van der Waals surface area contributed by atoms with E-state index in [1.807, 2.05) is 0 Å². The lowest BCUT2D eigenvalue weighted by molar-refractivity contribution is 0.431. The molecule has 1 atom stereocenters. The second-order valence-electron chi connectivity index (χ2n) is 5.11. The molecule has 0 amide bonds. The fourth-order valence-corrected chi connectivity index (χ4v) is 4.14. The standard InChI is InChI=1S/C13H15FN4O2S/c1-10-2-3-12(14)13(6-10)21(19,20)17-5-4-11(7-17)18-9-15-8-16-18/h2-3,6,8-9,11H,4-5,7H2,1H3/t11-/m0/s1. The molecule has 21 heavy (non-hydrogen) atoms. The molecule has 1 aliphatic rings. The monoisotopic (exact) mass is 310 g/mol. The van der Waals surface area contributed by atoms with E-state index in [1.54, 1.807) is 24.0 Å². The summed E-state index contributed by atoms with van der Waals surface area (Å²) >= 11 is 0. The van der Waals surface area contributed by atoms with Crippen LogP contribution in [0.1, 0.15) is 18.0 Å². The van der Waals surface area contributed by atoms with Crippen molar-refractivity contribution >= 4 is 10.0 Å². The lowest BCUT2D eigenvalue weighted by atomic mass is 10.2. The van der Waals surface area contributed by atoms with Gasteiger partial charge in [-0.15, -0.1) is 0 Å². The van der Waals surface area contributed by atoms with E-state index in [2.05, 4.69) is 10.1 Å². The van der Waals surface area contributed by atoms with Crippen LogP contribution < -0.4 is 0 Å². The summed E-state index contributed by atoms with van der Waals surface area (Å²) < 4.78 is 41.9. The zero-order chi connectivity index (χ0) is 15.0. The van der Waals surface area contributed by atoms with Crippen LogP contribution in [-0.2, 0) is 10.0 Å². The molecule has 0 saturated carbocycles. The molecule has 0 N–H and O–H groups in total. The summed E-state index contributed by atoms with van der Waals surface area (Å²) in [5.74, 6) is -0.718. The third-order valence-corrected chi connectivity index (χ3v) is 5.52. The van der Waals surface area contributed by atoms with Crippen molar-refractivity contribution < 1.29 is 12.8 Å². The van der Waals surface area contributed by atoms with Crippen molar-refractivity contribution in [2.75, 3.05) is 13.1 Å². The van der Waals surface area contributed by atoms with Gasteiger partial charge < -0.3 is 0 Å². The minimum absolute atomic E-state index is 0.0601. The lowest BCUT2D eigenvalue weighted by Gasteiger charge is -2.17. The van der Waals surface area contributed by atoms with Gasteiger partial charge in [-0.1, -0.05) is 6.07 Å². The van der Waals surface area contributed by atoms with Gasteiger partial charge in [-0.25, -0.2) is 22.5 Å². The molecule has 0 radical (unpaired) electrons. The molecule has 8 heteroatoms. The number of rotatable bonds is 3. The van der Waals surface area contributed by atoms with Crippen molar-refractivity contribution in [3.8, 4) is 0 Å². The normalized spacial score (nSPS) is 20.0. The molecule has 1 saturated heterocycles. The molecular formula is C13H15FN4O2S. The highest BCUT2D eigenvalue weighted by molar-refractivity contribution is 7.89. The molecule has 0 unspecified atom stereocenters. The molecular weight excluding hydrogens is 295 g/mol. The van der Waals surface area contributed by atoms with E-state index < -0.39 is 15.8 Å². The van der Waals surface area contributed by atoms with Crippen LogP contribution in [0.25, 0.3) is 0 Å². The van der Waals surface area contributed by atoms with Crippen LogP contribution in [0, 0.1) is 12.7 Å². The average molecular weight is 310 g/mol. The largest absolute Gasteiger partial charge is 0.249 e. The summed E-state index contributed by atoms with van der Waals surface area (Å²) in [6.07, 6.45) is 3.61. The number of nitrogens with zero attached hydrogens (tertiary/aromatic N) is 4. The summed E-state index contributed by atoms with van der Waals surface area (Å²) in [5, 5.41) is 4.03. The Morgan fingerprint density at radius 3 is 2.90 bits per heavy atom. The number of halogens is 1. The van der Waals surface area contributed by atoms with E-state index in [-0.39, 0.29) is 17.5 Å². The first kappa shape index (κ1) is 14.2. The highest BCUT2D eigenvalue weighted by Gasteiger charge is 2.35. The Morgan fingerprint density at radius 1 is 1.38 bits per heavy atom. The third-order valence-electron chi connectivity index (χ3n) is 3.64. The summed E-state index contributed by atoms with van der Waals surface area (Å²) in [6, 6.07) is 4.05. The number of sulfonamides is 1. The smallest absolute Gasteiger partial charge is 0.246 e. The van der Waals surface area contributed by atoms with Crippen LogP contribution >= 0.6 is 0 Å². The van der Waals surface area contributed by atoms with Gasteiger partial charge in [0.1, 0.15) is 23.4 Å². The summed E-state index contributed by atoms with van der Waals surface area (Å²) in [6.45, 7) is 2.36. The first-order valence-corrected chi connectivity index (χ1v) is 8.03. The van der Waals surface area contributed by atoms with E-state index in [0.29, 0.717) is 18.5 Å². The van der Waals surface area contributed by atoms with Gasteiger partial charge in [0.05, 0.1) is 6.04 Å². The molecule has 0 bridgehead atoms. The highest BCUT2D eigenvalue weighted by atomic mass is 32.2. The van der Waals surface area contributed by atoms with E-state index in [1.165, 1.54) is 22.8 Å².